The number of nitrogens with one attached hydrogen (secondary N) is 1. The molecule has 2 aliphatic carbocycles. The molecule has 0 heterocycles. The van der Waals surface area contributed by atoms with Gasteiger partial charge in [0.25, 0.3) is 0 Å². The van der Waals surface area contributed by atoms with E-state index in [-0.39, 0.29) is 5.41 Å². The van der Waals surface area contributed by atoms with Gasteiger partial charge in [0.05, 0.1) is 0 Å². The maximum Gasteiger partial charge on any atom is 0.0499 e. The van der Waals surface area contributed by atoms with Crippen molar-refractivity contribution in [3.05, 3.63) is 0 Å². The highest BCUT2D eigenvalue weighted by Crippen LogP contribution is 2.39. The minimum Gasteiger partial charge on any atom is -0.396 e. The molecule has 0 unspecified atom stereocenters. The van der Waals surface area contributed by atoms with Crippen LogP contribution in [0.4, 0.5) is 0 Å². The summed E-state index contributed by atoms with van der Waals surface area (Å²) in [5.74, 6) is 0. The molecule has 0 amide bonds. The Balaban J connectivity index is 1.86. The molecule has 0 atom stereocenters. The lowest BCUT2D eigenvalue weighted by Gasteiger charge is -2.46. The quantitative estimate of drug-likeness (QED) is 0.754. The molecule has 0 radical (unpaired) electrons. The van der Waals surface area contributed by atoms with Gasteiger partial charge in [0.15, 0.2) is 0 Å². The average molecular weight is 225 g/mol. The van der Waals surface area contributed by atoms with E-state index in [0.717, 1.165) is 6.54 Å². The molecule has 2 saturated carbocycles. The van der Waals surface area contributed by atoms with Gasteiger partial charge in [-0.25, -0.2) is 0 Å². The van der Waals surface area contributed by atoms with Gasteiger partial charge in [0, 0.05) is 24.1 Å². The van der Waals surface area contributed by atoms with Gasteiger partial charge in [-0.3, -0.25) is 0 Å². The molecule has 0 spiro atoms. The largest absolute Gasteiger partial charge is 0.396 e. The lowest BCUT2D eigenvalue weighted by atomic mass is 9.71. The topological polar surface area (TPSA) is 32.3 Å². The molecule has 0 aromatic heterocycles. The summed E-state index contributed by atoms with van der Waals surface area (Å²) in [6, 6.07) is 0. The molecule has 2 N–H and O–H groups in total. The van der Waals surface area contributed by atoms with Crippen LogP contribution in [0.5, 0.6) is 0 Å². The van der Waals surface area contributed by atoms with Crippen LogP contribution in [0.1, 0.15) is 64.7 Å². The fourth-order valence-electron chi connectivity index (χ4n) is 3.33. The number of aliphatic hydroxyl groups excluding tert-OH is 1. The zero-order chi connectivity index (χ0) is 11.5. The number of rotatable bonds is 5. The van der Waals surface area contributed by atoms with Crippen LogP contribution in [0.2, 0.25) is 0 Å². The molecule has 2 nitrogen and oxygen atoms in total. The summed E-state index contributed by atoms with van der Waals surface area (Å²) in [5.41, 5.74) is 0.635. The third kappa shape index (κ3) is 2.43. The Kier molecular flexibility index (Phi) is 3.91. The zero-order valence-corrected chi connectivity index (χ0v) is 10.7. The summed E-state index contributed by atoms with van der Waals surface area (Å²) in [4.78, 5) is 0. The van der Waals surface area contributed by atoms with E-state index >= 15 is 0 Å². The molecule has 2 heteroatoms. The van der Waals surface area contributed by atoms with Gasteiger partial charge in [-0.1, -0.05) is 26.2 Å². The summed E-state index contributed by atoms with van der Waals surface area (Å²) in [5, 5.41) is 13.4. The van der Waals surface area contributed by atoms with E-state index in [1.807, 2.05) is 0 Å². The van der Waals surface area contributed by atoms with Crippen molar-refractivity contribution in [1.82, 2.24) is 5.32 Å². The molecule has 0 aliphatic heterocycles. The maximum atomic E-state index is 9.66. The highest BCUT2D eigenvalue weighted by molar-refractivity contribution is 4.97. The molecular weight excluding hydrogens is 198 g/mol. The monoisotopic (exact) mass is 225 g/mol. The van der Waals surface area contributed by atoms with Crippen LogP contribution in [-0.4, -0.2) is 23.8 Å². The highest BCUT2D eigenvalue weighted by Gasteiger charge is 2.38. The van der Waals surface area contributed by atoms with Crippen LogP contribution in [0.25, 0.3) is 0 Å². The van der Waals surface area contributed by atoms with E-state index < -0.39 is 0 Å². The van der Waals surface area contributed by atoms with Gasteiger partial charge < -0.3 is 10.4 Å². The van der Waals surface area contributed by atoms with Crippen LogP contribution in [0.3, 0.4) is 0 Å². The van der Waals surface area contributed by atoms with Crippen molar-refractivity contribution in [3.63, 3.8) is 0 Å². The van der Waals surface area contributed by atoms with Gasteiger partial charge >= 0.3 is 0 Å². The van der Waals surface area contributed by atoms with Gasteiger partial charge in [-0.05, 0) is 38.5 Å². The Labute approximate surface area is 99.8 Å². The van der Waals surface area contributed by atoms with Gasteiger partial charge in [-0.15, -0.1) is 0 Å². The second-order valence-corrected chi connectivity index (χ2v) is 6.06. The molecule has 0 saturated heterocycles. The molecule has 2 rings (SSSR count). The van der Waals surface area contributed by atoms with Crippen LogP contribution in [-0.2, 0) is 0 Å². The Morgan fingerprint density at radius 3 is 2.12 bits per heavy atom. The zero-order valence-electron chi connectivity index (χ0n) is 10.7. The molecule has 2 aliphatic rings. The van der Waals surface area contributed by atoms with Gasteiger partial charge in [0.1, 0.15) is 0 Å². The van der Waals surface area contributed by atoms with Gasteiger partial charge in [0.2, 0.25) is 0 Å². The molecule has 0 aromatic rings. The first kappa shape index (κ1) is 12.4. The van der Waals surface area contributed by atoms with Crippen molar-refractivity contribution in [2.75, 3.05) is 13.2 Å². The van der Waals surface area contributed by atoms with Crippen LogP contribution in [0.15, 0.2) is 0 Å². The lowest BCUT2D eigenvalue weighted by molar-refractivity contribution is 0.0577. The SMILES string of the molecule is CCC1(NCC2(CO)CCCCC2)CCC1. The second-order valence-electron chi connectivity index (χ2n) is 6.06. The molecule has 0 aromatic carbocycles. The average Bonchev–Trinajstić information content (AvgIpc) is 2.29. The number of hydrogen-bond acceptors (Lipinski definition) is 2. The second kappa shape index (κ2) is 5.05. The number of hydrogen-bond donors (Lipinski definition) is 2. The predicted octanol–water partition coefficient (Wildman–Crippen LogP) is 2.85. The van der Waals surface area contributed by atoms with Crippen LogP contribution in [0, 0.1) is 5.41 Å². The minimum absolute atomic E-state index is 0.204. The Morgan fingerprint density at radius 1 is 1.00 bits per heavy atom. The normalized spacial score (nSPS) is 27.4. The molecule has 2 fully saturated rings. The summed E-state index contributed by atoms with van der Waals surface area (Å²) in [6.07, 6.45) is 11.7. The first-order valence-electron chi connectivity index (χ1n) is 7.10. The summed E-state index contributed by atoms with van der Waals surface area (Å²) in [6.45, 7) is 3.70. The van der Waals surface area contributed by atoms with E-state index in [9.17, 15) is 5.11 Å². The number of aliphatic hydroxyl groups is 1. The molecular formula is C14H27NO. The maximum absolute atomic E-state index is 9.66. The summed E-state index contributed by atoms with van der Waals surface area (Å²) >= 11 is 0. The standard InChI is InChI=1S/C14H27NO/c1-2-14(9-6-10-14)15-11-13(12-16)7-4-3-5-8-13/h15-16H,2-12H2,1H3. The Bertz CT molecular complexity index is 211. The van der Waals surface area contributed by atoms with E-state index in [2.05, 4.69) is 12.2 Å². The van der Waals surface area contributed by atoms with Gasteiger partial charge in [-0.2, -0.15) is 0 Å². The molecule has 0 bridgehead atoms. The van der Waals surface area contributed by atoms with Crippen molar-refractivity contribution >= 4 is 0 Å². The van der Waals surface area contributed by atoms with Crippen LogP contribution >= 0.6 is 0 Å². The lowest BCUT2D eigenvalue weighted by Crippen LogP contribution is -2.54. The molecule has 16 heavy (non-hydrogen) atoms. The third-order valence-corrected chi connectivity index (χ3v) is 5.08. The van der Waals surface area contributed by atoms with Crippen molar-refractivity contribution in [3.8, 4) is 0 Å². The van der Waals surface area contributed by atoms with Crippen molar-refractivity contribution < 1.29 is 5.11 Å². The van der Waals surface area contributed by atoms with Crippen LogP contribution < -0.4 is 5.32 Å². The van der Waals surface area contributed by atoms with Crippen molar-refractivity contribution in [1.29, 1.82) is 0 Å². The summed E-state index contributed by atoms with van der Waals surface area (Å²) < 4.78 is 0. The fraction of sp³-hybridized carbons (Fsp3) is 1.00. The smallest absolute Gasteiger partial charge is 0.0499 e. The predicted molar refractivity (Wildman–Crippen MR) is 67.5 cm³/mol. The fourth-order valence-corrected chi connectivity index (χ4v) is 3.33. The van der Waals surface area contributed by atoms with Crippen molar-refractivity contribution in [2.24, 2.45) is 5.41 Å². The first-order valence-corrected chi connectivity index (χ1v) is 7.10. The third-order valence-electron chi connectivity index (χ3n) is 5.08. The van der Waals surface area contributed by atoms with E-state index in [0.29, 0.717) is 12.1 Å². The van der Waals surface area contributed by atoms with E-state index in [1.54, 1.807) is 0 Å². The minimum atomic E-state index is 0.204. The van der Waals surface area contributed by atoms with E-state index in [4.69, 9.17) is 0 Å². The Morgan fingerprint density at radius 2 is 1.69 bits per heavy atom. The highest BCUT2D eigenvalue weighted by atomic mass is 16.3. The Hall–Kier alpha value is -0.0800. The molecule has 94 valence electrons. The summed E-state index contributed by atoms with van der Waals surface area (Å²) in [7, 11) is 0. The first-order chi connectivity index (χ1) is 7.74. The van der Waals surface area contributed by atoms with E-state index in [1.165, 1.54) is 57.8 Å². The van der Waals surface area contributed by atoms with Crippen molar-refractivity contribution in [2.45, 2.75) is 70.3 Å².